The number of ether oxygens (including phenoxy) is 1. The Morgan fingerprint density at radius 3 is 2.22 bits per heavy atom. The van der Waals surface area contributed by atoms with Gasteiger partial charge in [0.2, 0.25) is 0 Å². The van der Waals surface area contributed by atoms with Crippen molar-refractivity contribution in [3.8, 4) is 16.9 Å². The van der Waals surface area contributed by atoms with Gasteiger partial charge in [-0.1, -0.05) is 42.5 Å². The van der Waals surface area contributed by atoms with Gasteiger partial charge in [-0.2, -0.15) is 0 Å². The van der Waals surface area contributed by atoms with Crippen molar-refractivity contribution >= 4 is 0 Å². The summed E-state index contributed by atoms with van der Waals surface area (Å²) in [5, 5.41) is 10.2. The highest BCUT2D eigenvalue weighted by Gasteiger charge is 2.29. The van der Waals surface area contributed by atoms with Gasteiger partial charge in [0.1, 0.15) is 25.0 Å². The van der Waals surface area contributed by atoms with E-state index in [0.717, 1.165) is 16.8 Å². The highest BCUT2D eigenvalue weighted by molar-refractivity contribution is 5.63. The van der Waals surface area contributed by atoms with Crippen molar-refractivity contribution in [3.05, 3.63) is 54.6 Å². The fraction of sp³-hybridized carbons (Fsp3) is 0.400. The third-order valence-corrected chi connectivity index (χ3v) is 4.70. The summed E-state index contributed by atoms with van der Waals surface area (Å²) in [4.78, 5) is 0. The predicted octanol–water partition coefficient (Wildman–Crippen LogP) is 3.33. The molecule has 1 aliphatic rings. The van der Waals surface area contributed by atoms with Gasteiger partial charge in [-0.15, -0.1) is 0 Å². The Morgan fingerprint density at radius 1 is 0.957 bits per heavy atom. The van der Waals surface area contributed by atoms with Crippen molar-refractivity contribution in [2.75, 3.05) is 33.3 Å². The molecule has 1 heterocycles. The molecule has 1 fully saturated rings. The molecule has 3 nitrogen and oxygen atoms in total. The molecule has 0 spiro atoms. The number of likely N-dealkylation sites (tertiary alicyclic amines) is 1. The molecule has 23 heavy (non-hydrogen) atoms. The Balaban J connectivity index is 1.52. The lowest BCUT2D eigenvalue weighted by molar-refractivity contribution is -0.900. The number of quaternary nitrogens is 1. The molecule has 1 unspecified atom stereocenters. The summed E-state index contributed by atoms with van der Waals surface area (Å²) < 4.78 is 6.72. The molecule has 0 aliphatic carbocycles. The van der Waals surface area contributed by atoms with Gasteiger partial charge in [-0.25, -0.2) is 0 Å². The summed E-state index contributed by atoms with van der Waals surface area (Å²) in [6.45, 7) is 3.48. The molecule has 1 N–H and O–H groups in total. The molecule has 1 aliphatic heterocycles. The Hall–Kier alpha value is -1.84. The van der Waals surface area contributed by atoms with Crippen LogP contribution in [0.5, 0.6) is 5.75 Å². The fourth-order valence-corrected chi connectivity index (χ4v) is 3.41. The molecule has 0 radical (unpaired) electrons. The van der Waals surface area contributed by atoms with Crippen molar-refractivity contribution in [1.29, 1.82) is 0 Å². The number of nitrogens with zero attached hydrogens (tertiary/aromatic N) is 1. The molecular weight excluding hydrogens is 286 g/mol. The van der Waals surface area contributed by atoms with Gasteiger partial charge in [-0.3, -0.25) is 0 Å². The second-order valence-electron chi connectivity index (χ2n) is 6.81. The van der Waals surface area contributed by atoms with E-state index < -0.39 is 6.10 Å². The molecule has 2 aromatic carbocycles. The molecule has 3 heteroatoms. The van der Waals surface area contributed by atoms with Crippen LogP contribution in [0.15, 0.2) is 54.6 Å². The summed E-state index contributed by atoms with van der Waals surface area (Å²) in [5.74, 6) is 0.813. The van der Waals surface area contributed by atoms with Gasteiger partial charge in [0.25, 0.3) is 0 Å². The van der Waals surface area contributed by atoms with Crippen LogP contribution in [-0.2, 0) is 0 Å². The minimum Gasteiger partial charge on any atom is -0.491 e. The summed E-state index contributed by atoms with van der Waals surface area (Å²) in [5.41, 5.74) is 2.37. The lowest BCUT2D eigenvalue weighted by Gasteiger charge is -2.31. The molecule has 122 valence electrons. The number of hydrogen-bond donors (Lipinski definition) is 1. The lowest BCUT2D eigenvalue weighted by Crippen LogP contribution is -2.47. The van der Waals surface area contributed by atoms with E-state index in [0.29, 0.717) is 6.61 Å². The highest BCUT2D eigenvalue weighted by atomic mass is 16.5. The first-order valence-electron chi connectivity index (χ1n) is 8.45. The van der Waals surface area contributed by atoms with E-state index >= 15 is 0 Å². The minimum atomic E-state index is -0.410. The van der Waals surface area contributed by atoms with E-state index in [1.54, 1.807) is 0 Å². The molecule has 1 atom stereocenters. The molecule has 1 saturated heterocycles. The van der Waals surface area contributed by atoms with Gasteiger partial charge < -0.3 is 14.3 Å². The monoisotopic (exact) mass is 312 g/mol. The Morgan fingerprint density at radius 2 is 1.57 bits per heavy atom. The van der Waals surface area contributed by atoms with Crippen molar-refractivity contribution < 1.29 is 14.3 Å². The second kappa shape index (κ2) is 7.16. The average Bonchev–Trinajstić information content (AvgIpc) is 3.00. The summed E-state index contributed by atoms with van der Waals surface area (Å²) in [6, 6.07) is 18.4. The first kappa shape index (κ1) is 16.0. The van der Waals surface area contributed by atoms with E-state index in [-0.39, 0.29) is 0 Å². The average molecular weight is 312 g/mol. The normalized spacial score (nSPS) is 17.8. The Kier molecular flexibility index (Phi) is 4.99. The predicted molar refractivity (Wildman–Crippen MR) is 93.4 cm³/mol. The maximum atomic E-state index is 10.2. The number of rotatable bonds is 6. The van der Waals surface area contributed by atoms with Gasteiger partial charge in [0.05, 0.1) is 20.1 Å². The van der Waals surface area contributed by atoms with Crippen molar-refractivity contribution in [2.45, 2.75) is 18.9 Å². The second-order valence-corrected chi connectivity index (χ2v) is 6.81. The maximum absolute atomic E-state index is 10.2. The largest absolute Gasteiger partial charge is 0.491 e. The summed E-state index contributed by atoms with van der Waals surface area (Å²) in [7, 11) is 2.23. The highest BCUT2D eigenvalue weighted by Crippen LogP contribution is 2.22. The first-order chi connectivity index (χ1) is 11.1. The van der Waals surface area contributed by atoms with Crippen molar-refractivity contribution in [2.24, 2.45) is 0 Å². The van der Waals surface area contributed by atoms with Crippen LogP contribution in [0, 0.1) is 0 Å². The number of aliphatic hydroxyl groups is 1. The van der Waals surface area contributed by atoms with Crippen LogP contribution in [-0.4, -0.2) is 49.0 Å². The number of aliphatic hydroxyl groups excluding tert-OH is 1. The van der Waals surface area contributed by atoms with Crippen LogP contribution in [0.25, 0.3) is 11.1 Å². The van der Waals surface area contributed by atoms with Crippen LogP contribution >= 0.6 is 0 Å². The SMILES string of the molecule is C[N+]1(CC(O)COc2ccc(-c3ccccc3)cc2)CCCC1. The van der Waals surface area contributed by atoms with Crippen LogP contribution in [0.4, 0.5) is 0 Å². The van der Waals surface area contributed by atoms with E-state index in [2.05, 4.69) is 31.3 Å². The summed E-state index contributed by atoms with van der Waals surface area (Å²) >= 11 is 0. The van der Waals surface area contributed by atoms with E-state index in [4.69, 9.17) is 4.74 Å². The van der Waals surface area contributed by atoms with Crippen LogP contribution in [0.3, 0.4) is 0 Å². The zero-order valence-corrected chi connectivity index (χ0v) is 13.8. The number of hydrogen-bond acceptors (Lipinski definition) is 2. The third kappa shape index (κ3) is 4.34. The zero-order chi connectivity index (χ0) is 16.1. The zero-order valence-electron chi connectivity index (χ0n) is 13.8. The molecule has 0 bridgehead atoms. The molecule has 0 aromatic heterocycles. The maximum Gasteiger partial charge on any atom is 0.137 e. The fourth-order valence-electron chi connectivity index (χ4n) is 3.41. The van der Waals surface area contributed by atoms with E-state index in [9.17, 15) is 5.11 Å². The van der Waals surface area contributed by atoms with Gasteiger partial charge in [0.15, 0.2) is 0 Å². The number of likely N-dealkylation sites (N-methyl/N-ethyl adjacent to an activating group) is 1. The lowest BCUT2D eigenvalue weighted by atomic mass is 10.1. The minimum absolute atomic E-state index is 0.360. The molecular formula is C20H26NO2+. The van der Waals surface area contributed by atoms with Gasteiger partial charge in [0, 0.05) is 12.8 Å². The Bertz CT molecular complexity index is 603. The van der Waals surface area contributed by atoms with Crippen LogP contribution < -0.4 is 4.74 Å². The summed E-state index contributed by atoms with van der Waals surface area (Å²) in [6.07, 6.45) is 2.13. The van der Waals surface area contributed by atoms with Gasteiger partial charge >= 0.3 is 0 Å². The van der Waals surface area contributed by atoms with Crippen molar-refractivity contribution in [1.82, 2.24) is 0 Å². The Labute approximate surface area is 138 Å². The third-order valence-electron chi connectivity index (χ3n) is 4.70. The van der Waals surface area contributed by atoms with Crippen LogP contribution in [0.1, 0.15) is 12.8 Å². The molecule has 0 amide bonds. The van der Waals surface area contributed by atoms with E-state index in [1.165, 1.54) is 37.1 Å². The quantitative estimate of drug-likeness (QED) is 0.829. The smallest absolute Gasteiger partial charge is 0.137 e. The molecule has 0 saturated carbocycles. The standard InChI is InChI=1S/C20H26NO2/c1-21(13-5-6-14-21)15-19(22)16-23-20-11-9-18(10-12-20)17-7-3-2-4-8-17/h2-4,7-12,19,22H,5-6,13-16H2,1H3/q+1. The molecule has 2 aromatic rings. The first-order valence-corrected chi connectivity index (χ1v) is 8.45. The van der Waals surface area contributed by atoms with Crippen LogP contribution in [0.2, 0.25) is 0 Å². The molecule has 3 rings (SSSR count). The van der Waals surface area contributed by atoms with E-state index in [1.807, 2.05) is 30.3 Å². The number of benzene rings is 2. The topological polar surface area (TPSA) is 29.5 Å². The van der Waals surface area contributed by atoms with Crippen molar-refractivity contribution in [3.63, 3.8) is 0 Å². The van der Waals surface area contributed by atoms with Gasteiger partial charge in [-0.05, 0) is 23.3 Å².